The minimum absolute atomic E-state index is 0.127. The van der Waals surface area contributed by atoms with Crippen molar-refractivity contribution in [1.29, 1.82) is 0 Å². The van der Waals surface area contributed by atoms with Crippen molar-refractivity contribution in [2.45, 2.75) is 46.1 Å². The summed E-state index contributed by atoms with van der Waals surface area (Å²) in [6.07, 6.45) is 2.92. The maximum Gasteiger partial charge on any atom is 0.126 e. The topological polar surface area (TPSA) is 12.0 Å². The number of rotatable bonds is 7. The highest BCUT2D eigenvalue weighted by Crippen LogP contribution is 2.23. The molecule has 0 bridgehead atoms. The Bertz CT molecular complexity index is 398. The molecular weight excluding hydrogens is 225 g/mol. The molecule has 18 heavy (non-hydrogen) atoms. The zero-order chi connectivity index (χ0) is 13.5. The molecule has 1 rings (SSSR count). The summed E-state index contributed by atoms with van der Waals surface area (Å²) in [5.41, 5.74) is 2.91. The van der Waals surface area contributed by atoms with Crippen LogP contribution in [0.3, 0.4) is 0 Å². The largest absolute Gasteiger partial charge is 0.310 e. The predicted molar refractivity (Wildman–Crippen MR) is 76.2 cm³/mol. The van der Waals surface area contributed by atoms with Gasteiger partial charge in [0.1, 0.15) is 5.82 Å². The van der Waals surface area contributed by atoms with Crippen molar-refractivity contribution in [2.75, 3.05) is 6.54 Å². The minimum Gasteiger partial charge on any atom is -0.310 e. The summed E-state index contributed by atoms with van der Waals surface area (Å²) in [6.45, 7) is 11.0. The van der Waals surface area contributed by atoms with Crippen molar-refractivity contribution < 1.29 is 4.39 Å². The SMILES string of the molecule is C=C(CC)CC(NCCC)c1ccc(C)c(F)c1. The van der Waals surface area contributed by atoms with Gasteiger partial charge in [-0.15, -0.1) is 0 Å². The van der Waals surface area contributed by atoms with Crippen molar-refractivity contribution in [3.05, 3.63) is 47.3 Å². The zero-order valence-electron chi connectivity index (χ0n) is 11.7. The number of hydrogen-bond donors (Lipinski definition) is 1. The van der Waals surface area contributed by atoms with Crippen LogP contribution in [0.1, 0.15) is 50.3 Å². The molecule has 0 aliphatic rings. The first kappa shape index (κ1) is 14.9. The molecule has 0 spiro atoms. The van der Waals surface area contributed by atoms with Crippen molar-refractivity contribution in [1.82, 2.24) is 5.32 Å². The molecule has 1 N–H and O–H groups in total. The van der Waals surface area contributed by atoms with Gasteiger partial charge in [-0.1, -0.05) is 38.1 Å². The summed E-state index contributed by atoms with van der Waals surface area (Å²) >= 11 is 0. The highest BCUT2D eigenvalue weighted by Gasteiger charge is 2.13. The maximum absolute atomic E-state index is 13.6. The summed E-state index contributed by atoms with van der Waals surface area (Å²) in [5, 5.41) is 3.47. The monoisotopic (exact) mass is 249 g/mol. The van der Waals surface area contributed by atoms with Crippen molar-refractivity contribution in [3.8, 4) is 0 Å². The van der Waals surface area contributed by atoms with Crippen LogP contribution >= 0.6 is 0 Å². The van der Waals surface area contributed by atoms with Gasteiger partial charge in [0.15, 0.2) is 0 Å². The van der Waals surface area contributed by atoms with Crippen LogP contribution in [0.15, 0.2) is 30.4 Å². The Morgan fingerprint density at radius 1 is 1.39 bits per heavy atom. The van der Waals surface area contributed by atoms with Crippen molar-refractivity contribution in [2.24, 2.45) is 0 Å². The van der Waals surface area contributed by atoms with Crippen LogP contribution in [0.2, 0.25) is 0 Å². The lowest BCUT2D eigenvalue weighted by Crippen LogP contribution is -2.22. The molecule has 1 unspecified atom stereocenters. The molecule has 100 valence electrons. The van der Waals surface area contributed by atoms with Crippen molar-refractivity contribution in [3.63, 3.8) is 0 Å². The third-order valence-electron chi connectivity index (χ3n) is 3.23. The third kappa shape index (κ3) is 4.26. The molecular formula is C16H24FN. The fraction of sp³-hybridized carbons (Fsp3) is 0.500. The first-order valence-electron chi connectivity index (χ1n) is 6.74. The van der Waals surface area contributed by atoms with E-state index >= 15 is 0 Å². The molecule has 0 radical (unpaired) electrons. The van der Waals surface area contributed by atoms with Gasteiger partial charge in [0.25, 0.3) is 0 Å². The fourth-order valence-electron chi connectivity index (χ4n) is 1.89. The second kappa shape index (κ2) is 7.32. The fourth-order valence-corrected chi connectivity index (χ4v) is 1.89. The molecule has 0 aliphatic carbocycles. The normalized spacial score (nSPS) is 12.4. The van der Waals surface area contributed by atoms with Crippen LogP contribution in [-0.2, 0) is 0 Å². The highest BCUT2D eigenvalue weighted by atomic mass is 19.1. The summed E-state index contributed by atoms with van der Waals surface area (Å²) in [6, 6.07) is 5.67. The standard InChI is InChI=1S/C16H24FN/c1-5-9-18-16(10-12(3)6-2)14-8-7-13(4)15(17)11-14/h7-8,11,16,18H,3,5-6,9-10H2,1-2,4H3. The quantitative estimate of drug-likeness (QED) is 0.700. The third-order valence-corrected chi connectivity index (χ3v) is 3.23. The van der Waals surface area contributed by atoms with Crippen LogP contribution in [-0.4, -0.2) is 6.54 Å². The van der Waals surface area contributed by atoms with E-state index in [0.717, 1.165) is 31.4 Å². The molecule has 1 atom stereocenters. The maximum atomic E-state index is 13.6. The van der Waals surface area contributed by atoms with E-state index in [0.29, 0.717) is 5.56 Å². The number of nitrogens with one attached hydrogen (secondary N) is 1. The summed E-state index contributed by atoms with van der Waals surface area (Å²) in [4.78, 5) is 0. The predicted octanol–water partition coefficient (Wildman–Crippen LogP) is 4.53. The molecule has 0 amide bonds. The van der Waals surface area contributed by atoms with Gasteiger partial charge >= 0.3 is 0 Å². The summed E-state index contributed by atoms with van der Waals surface area (Å²) in [5.74, 6) is -0.127. The van der Waals surface area contributed by atoms with Crippen LogP contribution in [0.5, 0.6) is 0 Å². The van der Waals surface area contributed by atoms with E-state index in [1.54, 1.807) is 13.0 Å². The molecule has 0 fully saturated rings. The summed E-state index contributed by atoms with van der Waals surface area (Å²) < 4.78 is 13.6. The lowest BCUT2D eigenvalue weighted by molar-refractivity contribution is 0.518. The average Bonchev–Trinajstić information content (AvgIpc) is 2.37. The van der Waals surface area contributed by atoms with Gasteiger partial charge in [0.05, 0.1) is 0 Å². The molecule has 2 heteroatoms. The second-order valence-corrected chi connectivity index (χ2v) is 4.82. The first-order chi connectivity index (χ1) is 8.58. The molecule has 0 aliphatic heterocycles. The van der Waals surface area contributed by atoms with E-state index in [1.165, 1.54) is 5.57 Å². The van der Waals surface area contributed by atoms with E-state index in [4.69, 9.17) is 0 Å². The van der Waals surface area contributed by atoms with E-state index in [9.17, 15) is 4.39 Å². The molecule has 1 nitrogen and oxygen atoms in total. The molecule has 0 aromatic heterocycles. The van der Waals surface area contributed by atoms with Crippen LogP contribution in [0, 0.1) is 12.7 Å². The van der Waals surface area contributed by atoms with Gasteiger partial charge in [0.2, 0.25) is 0 Å². The molecule has 1 aromatic rings. The van der Waals surface area contributed by atoms with Gasteiger partial charge in [-0.25, -0.2) is 4.39 Å². The minimum atomic E-state index is -0.127. The van der Waals surface area contributed by atoms with Gasteiger partial charge in [-0.2, -0.15) is 0 Å². The van der Waals surface area contributed by atoms with E-state index in [2.05, 4.69) is 25.7 Å². The van der Waals surface area contributed by atoms with E-state index < -0.39 is 0 Å². The Hall–Kier alpha value is -1.15. The van der Waals surface area contributed by atoms with Gasteiger partial charge in [-0.3, -0.25) is 0 Å². The molecule has 0 saturated carbocycles. The zero-order valence-corrected chi connectivity index (χ0v) is 11.7. The lowest BCUT2D eigenvalue weighted by Gasteiger charge is -2.20. The van der Waals surface area contributed by atoms with Crippen LogP contribution in [0.4, 0.5) is 4.39 Å². The average molecular weight is 249 g/mol. The van der Waals surface area contributed by atoms with E-state index in [1.807, 2.05) is 12.1 Å². The number of aryl methyl sites for hydroxylation is 1. The van der Waals surface area contributed by atoms with Crippen LogP contribution < -0.4 is 5.32 Å². The number of hydrogen-bond acceptors (Lipinski definition) is 1. The Morgan fingerprint density at radius 3 is 2.67 bits per heavy atom. The van der Waals surface area contributed by atoms with Crippen molar-refractivity contribution >= 4 is 0 Å². The first-order valence-corrected chi connectivity index (χ1v) is 6.74. The Labute approximate surface area is 110 Å². The van der Waals surface area contributed by atoms with E-state index in [-0.39, 0.29) is 11.9 Å². The summed E-state index contributed by atoms with van der Waals surface area (Å²) in [7, 11) is 0. The Kier molecular flexibility index (Phi) is 6.06. The number of benzene rings is 1. The smallest absolute Gasteiger partial charge is 0.126 e. The van der Waals surface area contributed by atoms with Gasteiger partial charge in [0, 0.05) is 6.04 Å². The van der Waals surface area contributed by atoms with Gasteiger partial charge < -0.3 is 5.32 Å². The highest BCUT2D eigenvalue weighted by molar-refractivity contribution is 5.26. The number of halogens is 1. The molecule has 1 aromatic carbocycles. The van der Waals surface area contributed by atoms with Gasteiger partial charge in [-0.05, 0) is 49.9 Å². The molecule has 0 heterocycles. The lowest BCUT2D eigenvalue weighted by atomic mass is 9.97. The second-order valence-electron chi connectivity index (χ2n) is 4.82. The van der Waals surface area contributed by atoms with Crippen LogP contribution in [0.25, 0.3) is 0 Å². The molecule has 0 saturated heterocycles. The Morgan fingerprint density at radius 2 is 2.11 bits per heavy atom. The Balaban J connectivity index is 2.86.